The van der Waals surface area contributed by atoms with Crippen molar-refractivity contribution in [2.75, 3.05) is 6.61 Å². The van der Waals surface area contributed by atoms with Crippen molar-refractivity contribution in [2.45, 2.75) is 89.4 Å². The number of hydrogen-bond acceptors (Lipinski definition) is 8. The third kappa shape index (κ3) is 4.84. The van der Waals surface area contributed by atoms with Crippen LogP contribution in [0, 0.1) is 17.8 Å². The molecule has 0 spiro atoms. The van der Waals surface area contributed by atoms with Gasteiger partial charge in [0.25, 0.3) is 0 Å². The molecule has 3 rings (SSSR count). The van der Waals surface area contributed by atoms with Gasteiger partial charge in [-0.1, -0.05) is 25.5 Å². The van der Waals surface area contributed by atoms with Crippen LogP contribution in [-0.4, -0.2) is 75.9 Å². The van der Waals surface area contributed by atoms with Gasteiger partial charge in [0.2, 0.25) is 0 Å². The lowest BCUT2D eigenvalue weighted by Gasteiger charge is -2.40. The first-order valence-electron chi connectivity index (χ1n) is 10.6. The van der Waals surface area contributed by atoms with E-state index in [1.165, 1.54) is 5.57 Å². The number of rotatable bonds is 6. The molecule has 0 amide bonds. The molecule has 0 bridgehead atoms. The van der Waals surface area contributed by atoms with E-state index >= 15 is 0 Å². The Morgan fingerprint density at radius 1 is 1.21 bits per heavy atom. The molecule has 0 saturated carbocycles. The van der Waals surface area contributed by atoms with Crippen LogP contribution >= 0.6 is 0 Å². The van der Waals surface area contributed by atoms with Crippen molar-refractivity contribution in [3.8, 4) is 0 Å². The number of aliphatic hydroxyl groups is 4. The van der Waals surface area contributed by atoms with Gasteiger partial charge in [-0.3, -0.25) is 4.79 Å². The van der Waals surface area contributed by atoms with Crippen molar-refractivity contribution in [2.24, 2.45) is 17.8 Å². The fourth-order valence-corrected chi connectivity index (χ4v) is 4.60. The summed E-state index contributed by atoms with van der Waals surface area (Å²) in [6.45, 7) is 5.47. The zero-order chi connectivity index (χ0) is 21.3. The number of aliphatic hydroxyl groups excluding tert-OH is 4. The Balaban J connectivity index is 1.53. The number of ether oxygens (including phenoxy) is 3. The molecule has 2 aliphatic heterocycles. The molecule has 3 aliphatic rings. The predicted molar refractivity (Wildman–Crippen MR) is 103 cm³/mol. The minimum atomic E-state index is -1.44. The molecule has 8 nitrogen and oxygen atoms in total. The van der Waals surface area contributed by atoms with E-state index in [1.807, 2.05) is 13.8 Å². The molecule has 8 heteroatoms. The lowest BCUT2D eigenvalue weighted by molar-refractivity contribution is -0.310. The van der Waals surface area contributed by atoms with Gasteiger partial charge in [0.15, 0.2) is 6.29 Å². The molecule has 1 aliphatic carbocycles. The van der Waals surface area contributed by atoms with Crippen molar-refractivity contribution in [1.82, 2.24) is 0 Å². The quantitative estimate of drug-likeness (QED) is 0.366. The highest BCUT2D eigenvalue weighted by Crippen LogP contribution is 2.40. The van der Waals surface area contributed by atoms with E-state index < -0.39 is 37.3 Å². The zero-order valence-electron chi connectivity index (χ0n) is 17.3. The summed E-state index contributed by atoms with van der Waals surface area (Å²) in [5.41, 5.74) is 1.31. The van der Waals surface area contributed by atoms with Crippen LogP contribution in [0.2, 0.25) is 0 Å². The minimum absolute atomic E-state index is 0.0101. The van der Waals surface area contributed by atoms with E-state index in [-0.39, 0.29) is 30.0 Å². The molecule has 0 aromatic rings. The third-order valence-corrected chi connectivity index (χ3v) is 6.68. The van der Waals surface area contributed by atoms with Crippen LogP contribution in [0.1, 0.15) is 46.5 Å². The van der Waals surface area contributed by atoms with Gasteiger partial charge in [-0.25, -0.2) is 0 Å². The third-order valence-electron chi connectivity index (χ3n) is 6.68. The SMILES string of the molecule is C[C@H](CCC1=CC[C@H]2[C@@H](C[C@@H]1C)OC(=O)[C@@H]2C)O[C@@H]1O[C@H](CO)[C@@H](O)[C@H](O)[C@H]1O. The Hall–Kier alpha value is -1.03. The number of fused-ring (bicyclic) bond motifs is 1. The number of hydrogen-bond donors (Lipinski definition) is 4. The van der Waals surface area contributed by atoms with Gasteiger partial charge < -0.3 is 34.6 Å². The van der Waals surface area contributed by atoms with Crippen LogP contribution in [0.25, 0.3) is 0 Å². The van der Waals surface area contributed by atoms with Crippen LogP contribution in [0.3, 0.4) is 0 Å². The molecule has 10 atom stereocenters. The van der Waals surface area contributed by atoms with Crippen molar-refractivity contribution in [3.63, 3.8) is 0 Å². The largest absolute Gasteiger partial charge is 0.462 e. The maximum atomic E-state index is 11.8. The molecule has 2 heterocycles. The average molecular weight is 414 g/mol. The first-order chi connectivity index (χ1) is 13.7. The molecule has 0 unspecified atom stereocenters. The first kappa shape index (κ1) is 22.7. The summed E-state index contributed by atoms with van der Waals surface area (Å²) in [5.74, 6) is 0.398. The molecule has 29 heavy (non-hydrogen) atoms. The Bertz CT molecular complexity index is 605. The molecular weight excluding hydrogens is 380 g/mol. The fraction of sp³-hybridized carbons (Fsp3) is 0.857. The van der Waals surface area contributed by atoms with Gasteiger partial charge in [0, 0.05) is 5.92 Å². The maximum Gasteiger partial charge on any atom is 0.309 e. The van der Waals surface area contributed by atoms with Gasteiger partial charge in [-0.05, 0) is 38.5 Å². The Morgan fingerprint density at radius 3 is 2.62 bits per heavy atom. The molecule has 166 valence electrons. The van der Waals surface area contributed by atoms with Crippen LogP contribution in [0.5, 0.6) is 0 Å². The summed E-state index contributed by atoms with van der Waals surface area (Å²) in [7, 11) is 0. The van der Waals surface area contributed by atoms with Crippen LogP contribution in [-0.2, 0) is 19.0 Å². The predicted octanol–water partition coefficient (Wildman–Crippen LogP) is 0.506. The zero-order valence-corrected chi connectivity index (χ0v) is 17.3. The van der Waals surface area contributed by atoms with Gasteiger partial charge in [0.1, 0.15) is 30.5 Å². The minimum Gasteiger partial charge on any atom is -0.462 e. The summed E-state index contributed by atoms with van der Waals surface area (Å²) >= 11 is 0. The Labute approximate surface area is 171 Å². The topological polar surface area (TPSA) is 126 Å². The van der Waals surface area contributed by atoms with E-state index in [4.69, 9.17) is 14.2 Å². The molecular formula is C21H34O8. The molecule has 2 fully saturated rings. The van der Waals surface area contributed by atoms with Crippen molar-refractivity contribution in [1.29, 1.82) is 0 Å². The lowest BCUT2D eigenvalue weighted by atomic mass is 9.87. The van der Waals surface area contributed by atoms with E-state index in [2.05, 4.69) is 13.0 Å². The molecule has 2 saturated heterocycles. The number of allylic oxidation sites excluding steroid dienone is 2. The summed E-state index contributed by atoms with van der Waals surface area (Å²) in [6, 6.07) is 0. The highest BCUT2D eigenvalue weighted by atomic mass is 16.7. The second kappa shape index (κ2) is 9.41. The summed E-state index contributed by atoms with van der Waals surface area (Å²) in [4.78, 5) is 11.8. The second-order valence-corrected chi connectivity index (χ2v) is 8.76. The van der Waals surface area contributed by atoms with Crippen LogP contribution < -0.4 is 0 Å². The van der Waals surface area contributed by atoms with Gasteiger partial charge >= 0.3 is 5.97 Å². The number of carbonyl (C=O) groups is 1. The van der Waals surface area contributed by atoms with E-state index in [0.717, 1.165) is 19.3 Å². The van der Waals surface area contributed by atoms with Crippen molar-refractivity contribution < 1.29 is 39.4 Å². The monoisotopic (exact) mass is 414 g/mol. The van der Waals surface area contributed by atoms with Gasteiger partial charge in [-0.15, -0.1) is 0 Å². The highest BCUT2D eigenvalue weighted by Gasteiger charge is 2.45. The Morgan fingerprint density at radius 2 is 1.93 bits per heavy atom. The van der Waals surface area contributed by atoms with Gasteiger partial charge in [-0.2, -0.15) is 0 Å². The Kier molecular flexibility index (Phi) is 7.35. The molecule has 0 radical (unpaired) electrons. The van der Waals surface area contributed by atoms with Crippen LogP contribution in [0.15, 0.2) is 11.6 Å². The van der Waals surface area contributed by atoms with Gasteiger partial charge in [0.05, 0.1) is 18.6 Å². The summed E-state index contributed by atoms with van der Waals surface area (Å²) in [6.07, 6.45) is -1.18. The maximum absolute atomic E-state index is 11.8. The standard InChI is InChI=1S/C21H34O8/c1-10-8-15-14(12(3)20(26)28-15)7-6-13(10)5-4-11(2)27-21-19(25)18(24)17(23)16(9-22)29-21/h6,10-12,14-19,21-25H,4-5,7-9H2,1-3H3/t10-,11+,12+,14+,15+,16+,17+,18-,19+,21+/m0/s1. The normalized spacial score (nSPS) is 43.9. The molecule has 0 aromatic carbocycles. The molecule has 0 aromatic heterocycles. The van der Waals surface area contributed by atoms with E-state index in [1.54, 1.807) is 0 Å². The van der Waals surface area contributed by atoms with E-state index in [0.29, 0.717) is 12.3 Å². The van der Waals surface area contributed by atoms with Crippen LogP contribution in [0.4, 0.5) is 0 Å². The lowest BCUT2D eigenvalue weighted by Crippen LogP contribution is -2.59. The highest BCUT2D eigenvalue weighted by molar-refractivity contribution is 5.74. The summed E-state index contributed by atoms with van der Waals surface area (Å²) in [5, 5.41) is 39.1. The van der Waals surface area contributed by atoms with Crippen molar-refractivity contribution in [3.05, 3.63) is 11.6 Å². The number of esters is 1. The smallest absolute Gasteiger partial charge is 0.309 e. The second-order valence-electron chi connectivity index (χ2n) is 8.76. The average Bonchev–Trinajstić information content (AvgIpc) is 2.85. The summed E-state index contributed by atoms with van der Waals surface area (Å²) < 4.78 is 16.7. The number of carbonyl (C=O) groups excluding carboxylic acids is 1. The fourth-order valence-electron chi connectivity index (χ4n) is 4.60. The molecule has 4 N–H and O–H groups in total. The first-order valence-corrected chi connectivity index (χ1v) is 10.6. The van der Waals surface area contributed by atoms with E-state index in [9.17, 15) is 25.2 Å². The van der Waals surface area contributed by atoms with Crippen molar-refractivity contribution >= 4 is 5.97 Å².